The van der Waals surface area contributed by atoms with E-state index >= 15 is 0 Å². The molecule has 0 saturated carbocycles. The molecule has 0 aliphatic carbocycles. The Hall–Kier alpha value is -4.14. The lowest BCUT2D eigenvalue weighted by Crippen LogP contribution is -2.29. The minimum Gasteiger partial charge on any atom is -0.384 e. The van der Waals surface area contributed by atoms with E-state index < -0.39 is 18.3 Å². The maximum Gasteiger partial charge on any atom is 0.406 e. The minimum absolute atomic E-state index is 0.0614. The molecule has 9 heteroatoms. The first-order valence-corrected chi connectivity index (χ1v) is 9.70. The first-order valence-electron chi connectivity index (χ1n) is 9.70. The van der Waals surface area contributed by atoms with E-state index in [1.165, 1.54) is 16.6 Å². The van der Waals surface area contributed by atoms with E-state index in [0.717, 1.165) is 16.7 Å². The zero-order chi connectivity index (χ0) is 22.5. The maximum absolute atomic E-state index is 13.3. The quantitative estimate of drug-likeness (QED) is 0.452. The molecular formula is C23H16F3N5O. The van der Waals surface area contributed by atoms with Crippen molar-refractivity contribution in [1.82, 2.24) is 19.2 Å². The Morgan fingerprint density at radius 1 is 0.906 bits per heavy atom. The van der Waals surface area contributed by atoms with Crippen molar-refractivity contribution < 1.29 is 13.2 Å². The van der Waals surface area contributed by atoms with Gasteiger partial charge in [-0.05, 0) is 29.8 Å². The van der Waals surface area contributed by atoms with E-state index in [9.17, 15) is 18.0 Å². The summed E-state index contributed by atoms with van der Waals surface area (Å²) in [6.45, 7) is -1.41. The first-order chi connectivity index (χ1) is 15.3. The topological polar surface area (TPSA) is 78.2 Å². The molecule has 0 saturated heterocycles. The summed E-state index contributed by atoms with van der Waals surface area (Å²) in [7, 11) is 0. The van der Waals surface area contributed by atoms with E-state index in [4.69, 9.17) is 5.73 Å². The molecule has 5 rings (SSSR count). The van der Waals surface area contributed by atoms with Gasteiger partial charge in [0.2, 0.25) is 0 Å². The summed E-state index contributed by atoms with van der Waals surface area (Å²) in [4.78, 5) is 17.1. The Balaban J connectivity index is 1.82. The van der Waals surface area contributed by atoms with Crippen molar-refractivity contribution >= 4 is 22.4 Å². The Morgan fingerprint density at radius 2 is 1.66 bits per heavy atom. The van der Waals surface area contributed by atoms with Crippen molar-refractivity contribution in [3.8, 4) is 22.4 Å². The highest BCUT2D eigenvalue weighted by Crippen LogP contribution is 2.27. The summed E-state index contributed by atoms with van der Waals surface area (Å²) in [5.41, 5.74) is 8.07. The lowest BCUT2D eigenvalue weighted by atomic mass is 10.1. The van der Waals surface area contributed by atoms with E-state index in [2.05, 4.69) is 10.1 Å². The monoisotopic (exact) mass is 435 g/mol. The molecular weight excluding hydrogens is 419 g/mol. The Bertz CT molecular complexity index is 1500. The van der Waals surface area contributed by atoms with Crippen LogP contribution in [0, 0.1) is 0 Å². The average molecular weight is 435 g/mol. The van der Waals surface area contributed by atoms with Crippen LogP contribution in [0.15, 0.2) is 77.7 Å². The molecule has 0 atom stereocenters. The van der Waals surface area contributed by atoms with Crippen LogP contribution in [-0.2, 0) is 6.54 Å². The van der Waals surface area contributed by atoms with Crippen LogP contribution in [0.2, 0.25) is 0 Å². The molecule has 3 heterocycles. The number of hydrogen-bond donors (Lipinski definition) is 1. The van der Waals surface area contributed by atoms with Gasteiger partial charge in [0.05, 0.1) is 16.6 Å². The molecule has 0 bridgehead atoms. The zero-order valence-electron chi connectivity index (χ0n) is 16.5. The molecule has 0 aliphatic rings. The summed E-state index contributed by atoms with van der Waals surface area (Å²) < 4.78 is 42.0. The van der Waals surface area contributed by atoms with Crippen LogP contribution in [0.5, 0.6) is 0 Å². The normalized spacial score (nSPS) is 12.0. The first kappa shape index (κ1) is 19.8. The summed E-state index contributed by atoms with van der Waals surface area (Å²) in [5.74, 6) is 0.367. The summed E-state index contributed by atoms with van der Waals surface area (Å²) in [6, 6.07) is 18.9. The van der Waals surface area contributed by atoms with Gasteiger partial charge in [-0.1, -0.05) is 36.4 Å². The fraction of sp³-hybridized carbons (Fsp3) is 0.0870. The number of anilines is 1. The molecule has 0 spiro atoms. The van der Waals surface area contributed by atoms with Gasteiger partial charge in [-0.3, -0.25) is 9.36 Å². The number of pyridine rings is 1. The number of fused-ring (bicyclic) bond motifs is 3. The van der Waals surface area contributed by atoms with Crippen LogP contribution in [-0.4, -0.2) is 25.3 Å². The van der Waals surface area contributed by atoms with E-state index in [0.29, 0.717) is 21.6 Å². The fourth-order valence-electron chi connectivity index (χ4n) is 3.72. The second kappa shape index (κ2) is 7.23. The smallest absolute Gasteiger partial charge is 0.384 e. The number of benzene rings is 2. The highest BCUT2D eigenvalue weighted by atomic mass is 19.4. The second-order valence-corrected chi connectivity index (χ2v) is 7.38. The number of nitrogen functional groups attached to an aromatic ring is 1. The Morgan fingerprint density at radius 3 is 2.34 bits per heavy atom. The zero-order valence-corrected chi connectivity index (χ0v) is 16.5. The van der Waals surface area contributed by atoms with Gasteiger partial charge in [0.15, 0.2) is 0 Å². The molecule has 160 valence electrons. The van der Waals surface area contributed by atoms with Gasteiger partial charge in [-0.2, -0.15) is 18.3 Å². The summed E-state index contributed by atoms with van der Waals surface area (Å²) in [6.07, 6.45) is -2.97. The number of nitrogens with zero attached hydrogens (tertiary/aromatic N) is 4. The Kier molecular flexibility index (Phi) is 4.47. The van der Waals surface area contributed by atoms with Crippen molar-refractivity contribution in [2.75, 3.05) is 5.73 Å². The van der Waals surface area contributed by atoms with Gasteiger partial charge < -0.3 is 5.73 Å². The number of hydrogen-bond acceptors (Lipinski definition) is 4. The van der Waals surface area contributed by atoms with Crippen LogP contribution in [0.3, 0.4) is 0 Å². The second-order valence-electron chi connectivity index (χ2n) is 7.38. The van der Waals surface area contributed by atoms with Crippen LogP contribution in [0.4, 0.5) is 19.0 Å². The summed E-state index contributed by atoms with van der Waals surface area (Å²) >= 11 is 0. The SMILES string of the molecule is Nc1ccc(-c2ccc3c(=O)n(CC(F)(F)F)c4cc(-c5ccccc5)nn4c3c2)cn1. The lowest BCUT2D eigenvalue weighted by Gasteiger charge is -2.13. The highest BCUT2D eigenvalue weighted by Gasteiger charge is 2.30. The Labute approximate surface area is 179 Å². The molecule has 0 unspecified atom stereocenters. The van der Waals surface area contributed by atoms with E-state index in [1.54, 1.807) is 30.5 Å². The molecule has 6 nitrogen and oxygen atoms in total. The number of nitrogens with two attached hydrogens (primary N) is 1. The van der Waals surface area contributed by atoms with Crippen molar-refractivity contribution in [2.24, 2.45) is 0 Å². The van der Waals surface area contributed by atoms with Gasteiger partial charge in [-0.25, -0.2) is 9.50 Å². The van der Waals surface area contributed by atoms with Crippen LogP contribution < -0.4 is 11.3 Å². The molecule has 0 radical (unpaired) electrons. The van der Waals surface area contributed by atoms with Crippen molar-refractivity contribution in [3.05, 3.63) is 83.3 Å². The molecule has 5 aromatic rings. The van der Waals surface area contributed by atoms with E-state index in [-0.39, 0.29) is 11.0 Å². The van der Waals surface area contributed by atoms with Gasteiger partial charge in [-0.15, -0.1) is 0 Å². The predicted octanol–water partition coefficient (Wildman–Crippen LogP) is 4.52. The summed E-state index contributed by atoms with van der Waals surface area (Å²) in [5, 5.41) is 4.68. The number of rotatable bonds is 3. The molecule has 2 N–H and O–H groups in total. The number of aromatic nitrogens is 4. The third-order valence-electron chi connectivity index (χ3n) is 5.20. The minimum atomic E-state index is -4.56. The van der Waals surface area contributed by atoms with Crippen molar-refractivity contribution in [3.63, 3.8) is 0 Å². The van der Waals surface area contributed by atoms with Crippen LogP contribution in [0.1, 0.15) is 0 Å². The van der Waals surface area contributed by atoms with E-state index in [1.807, 2.05) is 30.3 Å². The van der Waals surface area contributed by atoms with Crippen molar-refractivity contribution in [2.45, 2.75) is 12.7 Å². The van der Waals surface area contributed by atoms with Gasteiger partial charge in [0.25, 0.3) is 5.56 Å². The number of halogens is 3. The largest absolute Gasteiger partial charge is 0.406 e. The predicted molar refractivity (Wildman–Crippen MR) is 116 cm³/mol. The average Bonchev–Trinajstić information content (AvgIpc) is 3.22. The maximum atomic E-state index is 13.3. The molecule has 2 aromatic carbocycles. The third-order valence-corrected chi connectivity index (χ3v) is 5.20. The molecule has 0 amide bonds. The van der Waals surface area contributed by atoms with Crippen LogP contribution >= 0.6 is 0 Å². The van der Waals surface area contributed by atoms with Crippen molar-refractivity contribution in [1.29, 1.82) is 0 Å². The van der Waals surface area contributed by atoms with Gasteiger partial charge in [0, 0.05) is 23.4 Å². The highest BCUT2D eigenvalue weighted by molar-refractivity contribution is 5.86. The molecule has 0 aliphatic heterocycles. The molecule has 32 heavy (non-hydrogen) atoms. The molecule has 3 aromatic heterocycles. The number of alkyl halides is 3. The lowest BCUT2D eigenvalue weighted by molar-refractivity contribution is -0.140. The van der Waals surface area contributed by atoms with Crippen LogP contribution in [0.25, 0.3) is 38.9 Å². The standard InChI is InChI=1S/C23H16F3N5O/c24-23(25,26)13-30-21-11-18(14-4-2-1-3-5-14)29-31(21)19-10-15(6-8-17(19)22(30)32)16-7-9-20(27)28-12-16/h1-12H,13H2,(H2,27,28). The van der Waals surface area contributed by atoms with Gasteiger partial charge >= 0.3 is 6.18 Å². The van der Waals surface area contributed by atoms with Gasteiger partial charge in [0.1, 0.15) is 18.0 Å². The molecule has 0 fully saturated rings. The third kappa shape index (κ3) is 3.47. The fourth-order valence-corrected chi connectivity index (χ4v) is 3.72.